The lowest BCUT2D eigenvalue weighted by atomic mass is 10.1. The first kappa shape index (κ1) is 14.1. The Bertz CT molecular complexity index is 549. The summed E-state index contributed by atoms with van der Waals surface area (Å²) in [5, 5.41) is 8.67. The number of rotatable bonds is 6. The molecule has 0 heterocycles. The number of aliphatic carboxylic acids is 1. The van der Waals surface area contributed by atoms with Gasteiger partial charge in [-0.15, -0.1) is 0 Å². The highest BCUT2D eigenvalue weighted by molar-refractivity contribution is 5.67. The molecule has 0 aliphatic rings. The topological polar surface area (TPSA) is 40.5 Å². The maximum Gasteiger partial charge on any atom is 0.303 e. The smallest absolute Gasteiger partial charge is 0.303 e. The van der Waals surface area contributed by atoms with Crippen molar-refractivity contribution < 1.29 is 9.90 Å². The van der Waals surface area contributed by atoms with E-state index in [1.807, 2.05) is 42.5 Å². The van der Waals surface area contributed by atoms with E-state index in [4.69, 9.17) is 5.11 Å². The van der Waals surface area contributed by atoms with Crippen molar-refractivity contribution in [1.82, 2.24) is 0 Å². The van der Waals surface area contributed by atoms with Crippen LogP contribution in [0.25, 0.3) is 0 Å². The van der Waals surface area contributed by atoms with E-state index in [1.165, 1.54) is 5.56 Å². The molecule has 2 aromatic rings. The van der Waals surface area contributed by atoms with Gasteiger partial charge in [0.25, 0.3) is 0 Å². The Morgan fingerprint density at radius 1 is 1.00 bits per heavy atom. The van der Waals surface area contributed by atoms with E-state index < -0.39 is 5.97 Å². The van der Waals surface area contributed by atoms with Crippen molar-refractivity contribution in [3.05, 3.63) is 65.7 Å². The van der Waals surface area contributed by atoms with Crippen LogP contribution in [-0.2, 0) is 17.8 Å². The average Bonchev–Trinajstić information content (AvgIpc) is 2.46. The van der Waals surface area contributed by atoms with Crippen LogP contribution in [0.4, 0.5) is 5.69 Å². The fraction of sp³-hybridized carbons (Fsp3) is 0.235. The van der Waals surface area contributed by atoms with Gasteiger partial charge in [0.15, 0.2) is 0 Å². The molecule has 0 amide bonds. The second-order valence-corrected chi connectivity index (χ2v) is 4.90. The zero-order valence-electron chi connectivity index (χ0n) is 11.6. The highest BCUT2D eigenvalue weighted by atomic mass is 16.4. The van der Waals surface area contributed by atoms with Crippen LogP contribution in [0.15, 0.2) is 54.6 Å². The molecule has 0 saturated carbocycles. The van der Waals surface area contributed by atoms with Gasteiger partial charge in [-0.25, -0.2) is 0 Å². The molecule has 0 bridgehead atoms. The summed E-state index contributed by atoms with van der Waals surface area (Å²) in [7, 11) is 2.05. The number of nitrogens with zero attached hydrogens (tertiary/aromatic N) is 1. The minimum atomic E-state index is -0.754. The molecule has 104 valence electrons. The Morgan fingerprint density at radius 3 is 2.25 bits per heavy atom. The Balaban J connectivity index is 1.97. The molecule has 0 saturated heterocycles. The quantitative estimate of drug-likeness (QED) is 0.874. The summed E-state index contributed by atoms with van der Waals surface area (Å²) in [4.78, 5) is 12.7. The molecular formula is C17H19NO2. The summed E-state index contributed by atoms with van der Waals surface area (Å²) in [6.45, 7) is 0.856. The number of carboxylic acids is 1. The summed E-state index contributed by atoms with van der Waals surface area (Å²) in [5.74, 6) is -0.754. The molecular weight excluding hydrogens is 250 g/mol. The van der Waals surface area contributed by atoms with E-state index >= 15 is 0 Å². The van der Waals surface area contributed by atoms with E-state index in [2.05, 4.69) is 24.1 Å². The molecule has 0 aliphatic heterocycles. The van der Waals surface area contributed by atoms with Crippen LogP contribution in [0, 0.1) is 0 Å². The zero-order valence-corrected chi connectivity index (χ0v) is 11.6. The third-order valence-electron chi connectivity index (χ3n) is 3.27. The predicted octanol–water partition coefficient (Wildman–Crippen LogP) is 3.34. The van der Waals surface area contributed by atoms with E-state index in [0.717, 1.165) is 17.8 Å². The van der Waals surface area contributed by atoms with E-state index in [-0.39, 0.29) is 6.42 Å². The first-order valence-electron chi connectivity index (χ1n) is 6.71. The maximum absolute atomic E-state index is 10.5. The highest BCUT2D eigenvalue weighted by Crippen LogP contribution is 2.17. The van der Waals surface area contributed by atoms with Crippen LogP contribution in [0.5, 0.6) is 0 Å². The highest BCUT2D eigenvalue weighted by Gasteiger charge is 2.03. The second-order valence-electron chi connectivity index (χ2n) is 4.90. The Labute approximate surface area is 119 Å². The molecule has 0 spiro atoms. The van der Waals surface area contributed by atoms with Crippen LogP contribution in [0.1, 0.15) is 17.5 Å². The third-order valence-corrected chi connectivity index (χ3v) is 3.27. The second kappa shape index (κ2) is 6.75. The molecule has 0 aromatic heterocycles. The molecule has 2 aromatic carbocycles. The van der Waals surface area contributed by atoms with Gasteiger partial charge in [0, 0.05) is 25.7 Å². The molecule has 0 unspecified atom stereocenters. The number of hydrogen-bond donors (Lipinski definition) is 1. The molecule has 0 atom stereocenters. The first-order chi connectivity index (χ1) is 9.65. The van der Waals surface area contributed by atoms with Gasteiger partial charge < -0.3 is 10.0 Å². The van der Waals surface area contributed by atoms with Gasteiger partial charge in [-0.2, -0.15) is 0 Å². The standard InChI is InChI=1S/C17H19NO2/c1-18(13-15-5-3-2-4-6-15)16-10-7-14(8-11-16)9-12-17(19)20/h2-8,10-11H,9,12-13H2,1H3,(H,19,20). The van der Waals surface area contributed by atoms with Crippen molar-refractivity contribution in [2.45, 2.75) is 19.4 Å². The van der Waals surface area contributed by atoms with Crippen molar-refractivity contribution in [1.29, 1.82) is 0 Å². The molecule has 20 heavy (non-hydrogen) atoms. The van der Waals surface area contributed by atoms with Gasteiger partial charge >= 0.3 is 5.97 Å². The molecule has 0 aliphatic carbocycles. The molecule has 0 radical (unpaired) electrons. The van der Waals surface area contributed by atoms with Gasteiger partial charge in [0.1, 0.15) is 0 Å². The summed E-state index contributed by atoms with van der Waals surface area (Å²) in [6.07, 6.45) is 0.761. The predicted molar refractivity (Wildman–Crippen MR) is 80.9 cm³/mol. The average molecular weight is 269 g/mol. The maximum atomic E-state index is 10.5. The van der Waals surface area contributed by atoms with Crippen molar-refractivity contribution >= 4 is 11.7 Å². The lowest BCUT2D eigenvalue weighted by Gasteiger charge is -2.19. The van der Waals surface area contributed by atoms with Crippen LogP contribution >= 0.6 is 0 Å². The van der Waals surface area contributed by atoms with Crippen molar-refractivity contribution in [3.63, 3.8) is 0 Å². The van der Waals surface area contributed by atoms with Gasteiger partial charge in [-0.3, -0.25) is 4.79 Å². The fourth-order valence-corrected chi connectivity index (χ4v) is 2.12. The molecule has 0 fully saturated rings. The zero-order chi connectivity index (χ0) is 14.4. The number of carbonyl (C=O) groups is 1. The Hall–Kier alpha value is -2.29. The fourth-order valence-electron chi connectivity index (χ4n) is 2.12. The Kier molecular flexibility index (Phi) is 4.77. The van der Waals surface area contributed by atoms with Gasteiger partial charge in [-0.05, 0) is 29.7 Å². The van der Waals surface area contributed by atoms with Crippen LogP contribution < -0.4 is 4.90 Å². The molecule has 2 rings (SSSR count). The summed E-state index contributed by atoms with van der Waals surface area (Å²) >= 11 is 0. The molecule has 3 heteroatoms. The number of anilines is 1. The molecule has 1 N–H and O–H groups in total. The van der Waals surface area contributed by atoms with Crippen LogP contribution in [0.2, 0.25) is 0 Å². The van der Waals surface area contributed by atoms with Gasteiger partial charge in [-0.1, -0.05) is 42.5 Å². The summed E-state index contributed by atoms with van der Waals surface area (Å²) in [6, 6.07) is 18.4. The lowest BCUT2D eigenvalue weighted by molar-refractivity contribution is -0.136. The number of benzene rings is 2. The summed E-state index contributed by atoms with van der Waals surface area (Å²) < 4.78 is 0. The van der Waals surface area contributed by atoms with Crippen molar-refractivity contribution in [3.8, 4) is 0 Å². The van der Waals surface area contributed by atoms with Gasteiger partial charge in [0.2, 0.25) is 0 Å². The monoisotopic (exact) mass is 269 g/mol. The SMILES string of the molecule is CN(Cc1ccccc1)c1ccc(CCC(=O)O)cc1. The van der Waals surface area contributed by atoms with E-state index in [0.29, 0.717) is 6.42 Å². The first-order valence-corrected chi connectivity index (χ1v) is 6.71. The largest absolute Gasteiger partial charge is 0.481 e. The van der Waals surface area contributed by atoms with E-state index in [9.17, 15) is 4.79 Å². The minimum Gasteiger partial charge on any atom is -0.481 e. The van der Waals surface area contributed by atoms with Crippen LogP contribution in [-0.4, -0.2) is 18.1 Å². The number of carboxylic acid groups (broad SMARTS) is 1. The van der Waals surface area contributed by atoms with Crippen LogP contribution in [0.3, 0.4) is 0 Å². The normalized spacial score (nSPS) is 10.2. The van der Waals surface area contributed by atoms with E-state index in [1.54, 1.807) is 0 Å². The van der Waals surface area contributed by atoms with Crippen molar-refractivity contribution in [2.24, 2.45) is 0 Å². The lowest BCUT2D eigenvalue weighted by Crippen LogP contribution is -2.16. The van der Waals surface area contributed by atoms with Gasteiger partial charge in [0.05, 0.1) is 0 Å². The Morgan fingerprint density at radius 2 is 1.65 bits per heavy atom. The summed E-state index contributed by atoms with van der Waals surface area (Å²) in [5.41, 5.74) is 3.46. The third kappa shape index (κ3) is 4.12. The number of hydrogen-bond acceptors (Lipinski definition) is 2. The number of aryl methyl sites for hydroxylation is 1. The minimum absolute atomic E-state index is 0.180. The molecule has 3 nitrogen and oxygen atoms in total. The van der Waals surface area contributed by atoms with Crippen molar-refractivity contribution in [2.75, 3.05) is 11.9 Å².